The Morgan fingerprint density at radius 2 is 1.81 bits per heavy atom. The van der Waals surface area contributed by atoms with Crippen LogP contribution in [0.4, 0.5) is 10.5 Å². The van der Waals surface area contributed by atoms with Gasteiger partial charge in [-0.3, -0.25) is 4.98 Å². The fourth-order valence-corrected chi connectivity index (χ4v) is 2.91. The van der Waals surface area contributed by atoms with Crippen LogP contribution in [-0.2, 0) is 0 Å². The number of amides is 2. The molecule has 0 aliphatic carbocycles. The summed E-state index contributed by atoms with van der Waals surface area (Å²) in [4.78, 5) is 18.4. The van der Waals surface area contributed by atoms with Crippen molar-refractivity contribution in [3.05, 3.63) is 42.7 Å². The van der Waals surface area contributed by atoms with Crippen LogP contribution in [-0.4, -0.2) is 49.3 Å². The Morgan fingerprint density at radius 3 is 2.46 bits per heavy atom. The molecular formula is C19H23N3O4. The van der Waals surface area contributed by atoms with Gasteiger partial charge in [0.05, 0.1) is 20.8 Å². The van der Waals surface area contributed by atoms with Crippen molar-refractivity contribution in [3.8, 4) is 17.2 Å². The maximum absolute atomic E-state index is 12.6. The minimum absolute atomic E-state index is 0.0308. The Morgan fingerprint density at radius 1 is 1.12 bits per heavy atom. The second-order valence-corrected chi connectivity index (χ2v) is 6.04. The predicted molar refractivity (Wildman–Crippen MR) is 98.0 cm³/mol. The van der Waals surface area contributed by atoms with Gasteiger partial charge in [-0.1, -0.05) is 0 Å². The second-order valence-electron chi connectivity index (χ2n) is 6.04. The molecule has 7 heteroatoms. The molecule has 0 saturated carbocycles. The van der Waals surface area contributed by atoms with Gasteiger partial charge in [-0.05, 0) is 25.0 Å². The van der Waals surface area contributed by atoms with Crippen molar-refractivity contribution in [2.75, 3.05) is 32.6 Å². The number of aromatic nitrogens is 1. The first-order chi connectivity index (χ1) is 12.7. The number of rotatable bonds is 5. The van der Waals surface area contributed by atoms with Crippen molar-refractivity contribution >= 4 is 11.7 Å². The van der Waals surface area contributed by atoms with Gasteiger partial charge < -0.3 is 24.4 Å². The summed E-state index contributed by atoms with van der Waals surface area (Å²) in [6, 6.07) is 8.76. The number of hydrogen-bond acceptors (Lipinski definition) is 5. The fourth-order valence-electron chi connectivity index (χ4n) is 2.91. The molecule has 1 fully saturated rings. The van der Waals surface area contributed by atoms with E-state index in [4.69, 9.17) is 14.2 Å². The van der Waals surface area contributed by atoms with Gasteiger partial charge in [0.15, 0.2) is 0 Å². The van der Waals surface area contributed by atoms with Crippen molar-refractivity contribution in [2.24, 2.45) is 0 Å². The summed E-state index contributed by atoms with van der Waals surface area (Å²) in [5.74, 6) is 2.01. The van der Waals surface area contributed by atoms with Crippen LogP contribution < -0.4 is 19.5 Å². The number of anilines is 1. The minimum Gasteiger partial charge on any atom is -0.497 e. The number of piperidine rings is 1. The molecule has 0 bridgehead atoms. The summed E-state index contributed by atoms with van der Waals surface area (Å²) in [6.07, 6.45) is 5.16. The number of nitrogens with one attached hydrogen (secondary N) is 1. The van der Waals surface area contributed by atoms with E-state index >= 15 is 0 Å². The molecule has 1 aromatic carbocycles. The van der Waals surface area contributed by atoms with E-state index in [2.05, 4.69) is 10.3 Å². The fraction of sp³-hybridized carbons (Fsp3) is 0.368. The molecule has 1 aliphatic heterocycles. The lowest BCUT2D eigenvalue weighted by Crippen LogP contribution is -2.46. The second kappa shape index (κ2) is 8.42. The minimum atomic E-state index is -0.164. The highest BCUT2D eigenvalue weighted by molar-refractivity contribution is 5.90. The SMILES string of the molecule is COc1cc(NC(=O)N2CCCC(Oc3ccncc3)C2)cc(OC)c1. The molecule has 1 saturated heterocycles. The van der Waals surface area contributed by atoms with Gasteiger partial charge in [0, 0.05) is 42.8 Å². The van der Waals surface area contributed by atoms with Crippen LogP contribution in [0.5, 0.6) is 17.2 Å². The first kappa shape index (κ1) is 17.8. The number of benzene rings is 1. The van der Waals surface area contributed by atoms with Gasteiger partial charge in [0.2, 0.25) is 0 Å². The predicted octanol–water partition coefficient (Wildman–Crippen LogP) is 3.17. The van der Waals surface area contributed by atoms with Crippen LogP contribution in [0.25, 0.3) is 0 Å². The number of likely N-dealkylation sites (tertiary alicyclic amines) is 1. The summed E-state index contributed by atoms with van der Waals surface area (Å²) in [5.41, 5.74) is 0.628. The van der Waals surface area contributed by atoms with Crippen LogP contribution in [0.2, 0.25) is 0 Å². The molecule has 3 rings (SSSR count). The van der Waals surface area contributed by atoms with E-state index in [1.807, 2.05) is 12.1 Å². The quantitative estimate of drug-likeness (QED) is 0.890. The summed E-state index contributed by atoms with van der Waals surface area (Å²) in [7, 11) is 3.15. The molecule has 1 unspecified atom stereocenters. The van der Waals surface area contributed by atoms with Crippen molar-refractivity contribution in [1.29, 1.82) is 0 Å². The lowest BCUT2D eigenvalue weighted by molar-refractivity contribution is 0.106. The summed E-state index contributed by atoms with van der Waals surface area (Å²) in [6.45, 7) is 1.23. The maximum Gasteiger partial charge on any atom is 0.321 e. The van der Waals surface area contributed by atoms with Gasteiger partial charge in [0.25, 0.3) is 0 Å². The van der Waals surface area contributed by atoms with E-state index in [0.717, 1.165) is 18.6 Å². The number of hydrogen-bond donors (Lipinski definition) is 1. The number of methoxy groups -OCH3 is 2. The number of nitrogens with zero attached hydrogens (tertiary/aromatic N) is 2. The van der Waals surface area contributed by atoms with Crippen molar-refractivity contribution < 1.29 is 19.0 Å². The molecule has 0 radical (unpaired) electrons. The number of carbonyl (C=O) groups excluding carboxylic acids is 1. The Labute approximate surface area is 152 Å². The zero-order chi connectivity index (χ0) is 18.4. The molecule has 0 spiro atoms. The van der Waals surface area contributed by atoms with Crippen molar-refractivity contribution in [1.82, 2.24) is 9.88 Å². The summed E-state index contributed by atoms with van der Waals surface area (Å²) >= 11 is 0. The Bertz CT molecular complexity index is 717. The topological polar surface area (TPSA) is 72.9 Å². The largest absolute Gasteiger partial charge is 0.497 e. The highest BCUT2D eigenvalue weighted by Gasteiger charge is 2.25. The molecule has 2 amide bonds. The first-order valence-corrected chi connectivity index (χ1v) is 8.53. The Balaban J connectivity index is 1.62. The van der Waals surface area contributed by atoms with Crippen LogP contribution in [0.15, 0.2) is 42.7 Å². The maximum atomic E-state index is 12.6. The van der Waals surface area contributed by atoms with E-state index in [1.165, 1.54) is 0 Å². The molecule has 7 nitrogen and oxygen atoms in total. The van der Waals surface area contributed by atoms with Gasteiger partial charge in [-0.25, -0.2) is 4.79 Å². The molecule has 138 valence electrons. The average molecular weight is 357 g/mol. The lowest BCUT2D eigenvalue weighted by atomic mass is 10.1. The zero-order valence-corrected chi connectivity index (χ0v) is 15.0. The van der Waals surface area contributed by atoms with E-state index in [-0.39, 0.29) is 12.1 Å². The van der Waals surface area contributed by atoms with E-state index in [9.17, 15) is 4.79 Å². The highest BCUT2D eigenvalue weighted by Crippen LogP contribution is 2.26. The standard InChI is InChI=1S/C19H23N3O4/c1-24-17-10-14(11-18(12-17)25-2)21-19(23)22-9-3-4-16(13-22)26-15-5-7-20-8-6-15/h5-8,10-12,16H,3-4,9,13H2,1-2H3,(H,21,23). The van der Waals surface area contributed by atoms with Crippen LogP contribution in [0.3, 0.4) is 0 Å². The molecule has 1 aliphatic rings. The number of pyridine rings is 1. The van der Waals surface area contributed by atoms with Crippen LogP contribution >= 0.6 is 0 Å². The molecule has 1 atom stereocenters. The normalized spacial score (nSPS) is 16.7. The smallest absolute Gasteiger partial charge is 0.321 e. The number of carbonyl (C=O) groups is 1. The third-order valence-corrected chi connectivity index (χ3v) is 4.22. The molecular weight excluding hydrogens is 334 g/mol. The molecule has 2 aromatic rings. The van der Waals surface area contributed by atoms with E-state index < -0.39 is 0 Å². The van der Waals surface area contributed by atoms with E-state index in [1.54, 1.807) is 49.7 Å². The number of urea groups is 1. The summed E-state index contributed by atoms with van der Waals surface area (Å²) in [5, 5.41) is 2.91. The number of ether oxygens (including phenoxy) is 3. The van der Waals surface area contributed by atoms with E-state index in [0.29, 0.717) is 30.3 Å². The molecule has 1 aromatic heterocycles. The summed E-state index contributed by atoms with van der Waals surface area (Å²) < 4.78 is 16.4. The zero-order valence-electron chi connectivity index (χ0n) is 15.0. The lowest BCUT2D eigenvalue weighted by Gasteiger charge is -2.33. The third-order valence-electron chi connectivity index (χ3n) is 4.22. The Hall–Kier alpha value is -2.96. The van der Waals surface area contributed by atoms with Crippen molar-refractivity contribution in [2.45, 2.75) is 18.9 Å². The van der Waals surface area contributed by atoms with Gasteiger partial charge >= 0.3 is 6.03 Å². The first-order valence-electron chi connectivity index (χ1n) is 8.53. The van der Waals surface area contributed by atoms with Crippen LogP contribution in [0.1, 0.15) is 12.8 Å². The molecule has 1 N–H and O–H groups in total. The molecule has 2 heterocycles. The van der Waals surface area contributed by atoms with Gasteiger partial charge in [-0.2, -0.15) is 0 Å². The highest BCUT2D eigenvalue weighted by atomic mass is 16.5. The Kier molecular flexibility index (Phi) is 5.78. The van der Waals surface area contributed by atoms with Gasteiger partial charge in [-0.15, -0.1) is 0 Å². The monoisotopic (exact) mass is 357 g/mol. The van der Waals surface area contributed by atoms with Crippen LogP contribution in [0, 0.1) is 0 Å². The average Bonchev–Trinajstić information content (AvgIpc) is 2.68. The molecule has 26 heavy (non-hydrogen) atoms. The van der Waals surface area contributed by atoms with Crippen molar-refractivity contribution in [3.63, 3.8) is 0 Å². The third kappa shape index (κ3) is 4.56. The van der Waals surface area contributed by atoms with Gasteiger partial charge in [0.1, 0.15) is 23.4 Å².